The lowest BCUT2D eigenvalue weighted by Crippen LogP contribution is -2.30. The number of carbonyl (C=O) groups excluding carboxylic acids is 4. The Morgan fingerprint density at radius 2 is 1.68 bits per heavy atom. The monoisotopic (exact) mass is 598 g/mol. The van der Waals surface area contributed by atoms with E-state index in [1.807, 2.05) is 13.8 Å². The van der Waals surface area contributed by atoms with Crippen molar-refractivity contribution >= 4 is 28.7 Å². The molecular formula is C40H54O4. The number of benzene rings is 1. The second-order valence-corrected chi connectivity index (χ2v) is 13.0. The lowest BCUT2D eigenvalue weighted by atomic mass is 9.71. The molecule has 0 saturated carbocycles. The number of fused-ring (bicyclic) bond motifs is 1. The van der Waals surface area contributed by atoms with Crippen LogP contribution < -0.4 is 0 Å². The van der Waals surface area contributed by atoms with E-state index in [4.69, 9.17) is 0 Å². The fraction of sp³-hybridized carbons (Fsp3) is 0.550. The minimum absolute atomic E-state index is 0.00983. The van der Waals surface area contributed by atoms with Crippen molar-refractivity contribution in [2.45, 2.75) is 125 Å². The van der Waals surface area contributed by atoms with Crippen molar-refractivity contribution in [2.75, 3.05) is 0 Å². The molecule has 3 atom stereocenters. The van der Waals surface area contributed by atoms with E-state index >= 15 is 0 Å². The van der Waals surface area contributed by atoms with Crippen LogP contribution in [0.25, 0.3) is 5.57 Å². The third-order valence-electron chi connectivity index (χ3n) is 9.36. The van der Waals surface area contributed by atoms with Gasteiger partial charge in [-0.2, -0.15) is 0 Å². The average Bonchev–Trinajstić information content (AvgIpc) is 2.96. The molecule has 1 aromatic carbocycles. The molecule has 238 valence electrons. The van der Waals surface area contributed by atoms with Gasteiger partial charge in [0.1, 0.15) is 17.3 Å². The van der Waals surface area contributed by atoms with E-state index in [2.05, 4.69) is 62.4 Å². The van der Waals surface area contributed by atoms with Gasteiger partial charge in [-0.15, -0.1) is 0 Å². The highest BCUT2D eigenvalue weighted by Gasteiger charge is 2.34. The summed E-state index contributed by atoms with van der Waals surface area (Å²) in [5, 5.41) is 0. The number of Topliss-reactive ketones (excluding diaryl/α,β-unsaturated/α-hetero) is 4. The van der Waals surface area contributed by atoms with Crippen molar-refractivity contribution in [3.05, 3.63) is 76.4 Å². The number of hydrogen-bond donors (Lipinski definition) is 0. The molecule has 0 aromatic heterocycles. The van der Waals surface area contributed by atoms with E-state index in [1.165, 1.54) is 18.1 Å². The van der Waals surface area contributed by atoms with Gasteiger partial charge in [0.25, 0.3) is 0 Å². The van der Waals surface area contributed by atoms with Gasteiger partial charge in [0, 0.05) is 30.7 Å². The smallest absolute Gasteiger partial charge is 0.163 e. The Balaban J connectivity index is 1.92. The lowest BCUT2D eigenvalue weighted by molar-refractivity contribution is -0.130. The maximum Gasteiger partial charge on any atom is 0.163 e. The lowest BCUT2D eigenvalue weighted by Gasteiger charge is -2.33. The zero-order valence-electron chi connectivity index (χ0n) is 27.9. The summed E-state index contributed by atoms with van der Waals surface area (Å²) in [5.41, 5.74) is 6.74. The molecule has 1 aromatic rings. The Kier molecular flexibility index (Phi) is 14.4. The molecule has 0 fully saturated rings. The quantitative estimate of drug-likeness (QED) is 0.178. The number of allylic oxidation sites excluding steroid dienone is 8. The van der Waals surface area contributed by atoms with Crippen molar-refractivity contribution in [1.29, 1.82) is 0 Å². The Bertz CT molecular complexity index is 1300. The normalized spacial score (nSPS) is 18.2. The van der Waals surface area contributed by atoms with E-state index in [1.54, 1.807) is 0 Å². The second kappa shape index (κ2) is 18.0. The summed E-state index contributed by atoms with van der Waals surface area (Å²) in [6.07, 6.45) is 23.5. The van der Waals surface area contributed by atoms with Crippen molar-refractivity contribution in [2.24, 2.45) is 17.8 Å². The minimum Gasteiger partial charge on any atom is -0.300 e. The van der Waals surface area contributed by atoms with E-state index < -0.39 is 0 Å². The summed E-state index contributed by atoms with van der Waals surface area (Å²) >= 11 is 0. The fourth-order valence-corrected chi connectivity index (χ4v) is 7.27. The average molecular weight is 599 g/mol. The topological polar surface area (TPSA) is 68.3 Å². The third-order valence-corrected chi connectivity index (χ3v) is 9.36. The van der Waals surface area contributed by atoms with Gasteiger partial charge in [0.2, 0.25) is 0 Å². The summed E-state index contributed by atoms with van der Waals surface area (Å²) < 4.78 is 0. The molecule has 0 spiro atoms. The second-order valence-electron chi connectivity index (χ2n) is 13.0. The zero-order valence-corrected chi connectivity index (χ0v) is 27.9. The van der Waals surface area contributed by atoms with E-state index in [-0.39, 0.29) is 41.5 Å². The van der Waals surface area contributed by atoms with Crippen molar-refractivity contribution in [3.63, 3.8) is 0 Å². The van der Waals surface area contributed by atoms with Crippen LogP contribution >= 0.6 is 0 Å². The highest BCUT2D eigenvalue weighted by Crippen LogP contribution is 2.39. The van der Waals surface area contributed by atoms with Crippen LogP contribution in [0.1, 0.15) is 138 Å². The Hall–Kier alpha value is -3.14. The molecule has 0 amide bonds. The summed E-state index contributed by atoms with van der Waals surface area (Å²) in [7, 11) is 0. The van der Waals surface area contributed by atoms with Crippen LogP contribution in [-0.4, -0.2) is 23.1 Å². The van der Waals surface area contributed by atoms with Gasteiger partial charge in [-0.25, -0.2) is 0 Å². The summed E-state index contributed by atoms with van der Waals surface area (Å²) in [6.45, 7) is 9.78. The Morgan fingerprint density at radius 3 is 2.36 bits per heavy atom. The highest BCUT2D eigenvalue weighted by molar-refractivity contribution is 6.01. The Morgan fingerprint density at radius 1 is 0.932 bits per heavy atom. The van der Waals surface area contributed by atoms with Crippen molar-refractivity contribution in [1.82, 2.24) is 0 Å². The van der Waals surface area contributed by atoms with Gasteiger partial charge in [0.05, 0.1) is 6.42 Å². The molecule has 0 aliphatic heterocycles. The highest BCUT2D eigenvalue weighted by atomic mass is 16.1. The standard InChI is InChI=1S/C40H54O4/c1-6-14-33(35(8-3)38(43)24-29(5)41)25-31-26-37-36(23-20-28(4)40(37)39(44)27-31)32-18-12-10-9-11-16-30(21-22-32)17-13-19-34(42)15-7-2/h9-12,20-23,31,33,35H,6-8,13-19,24-27H2,1-5H3. The molecule has 2 aliphatic rings. The predicted molar refractivity (Wildman–Crippen MR) is 182 cm³/mol. The van der Waals surface area contributed by atoms with Gasteiger partial charge in [-0.3, -0.25) is 19.2 Å². The van der Waals surface area contributed by atoms with Crippen LogP contribution in [0, 0.1) is 24.7 Å². The maximum absolute atomic E-state index is 13.7. The molecule has 2 aliphatic carbocycles. The summed E-state index contributed by atoms with van der Waals surface area (Å²) in [6, 6.07) is 4.28. The van der Waals surface area contributed by atoms with Crippen LogP contribution in [0.15, 0.2) is 54.2 Å². The fourth-order valence-electron chi connectivity index (χ4n) is 7.27. The van der Waals surface area contributed by atoms with Gasteiger partial charge in [0.15, 0.2) is 5.78 Å². The van der Waals surface area contributed by atoms with Crippen LogP contribution in [0.2, 0.25) is 0 Å². The third kappa shape index (κ3) is 10.2. The maximum atomic E-state index is 13.7. The molecule has 0 saturated heterocycles. The predicted octanol–water partition coefficient (Wildman–Crippen LogP) is 9.88. The molecular weight excluding hydrogens is 544 g/mol. The minimum atomic E-state index is -0.132. The zero-order chi connectivity index (χ0) is 32.1. The molecule has 0 radical (unpaired) electrons. The first kappa shape index (κ1) is 35.3. The largest absolute Gasteiger partial charge is 0.300 e. The van der Waals surface area contributed by atoms with Gasteiger partial charge in [-0.05, 0) is 99.3 Å². The van der Waals surface area contributed by atoms with Crippen molar-refractivity contribution in [3.8, 4) is 0 Å². The van der Waals surface area contributed by atoms with E-state index in [9.17, 15) is 19.2 Å². The van der Waals surface area contributed by atoms with E-state index in [0.717, 1.165) is 86.5 Å². The molecule has 4 nitrogen and oxygen atoms in total. The number of rotatable bonds is 16. The summed E-state index contributed by atoms with van der Waals surface area (Å²) in [4.78, 5) is 50.6. The van der Waals surface area contributed by atoms with Crippen LogP contribution in [0.3, 0.4) is 0 Å². The number of aryl methyl sites for hydroxylation is 1. The van der Waals surface area contributed by atoms with Crippen LogP contribution in [0.4, 0.5) is 0 Å². The SMILES string of the molecule is CCCC(=O)CCCC1=CC=C(c2ccc(C)c3c2CC(CC(CCC)C(CC)C(=O)CC(C)=O)CC3=O)CC=CC=CC1. The Labute approximate surface area is 266 Å². The van der Waals surface area contributed by atoms with Gasteiger partial charge < -0.3 is 0 Å². The number of carbonyl (C=O) groups is 4. The van der Waals surface area contributed by atoms with Crippen LogP contribution in [-0.2, 0) is 20.8 Å². The first-order valence-corrected chi connectivity index (χ1v) is 17.1. The van der Waals surface area contributed by atoms with Gasteiger partial charge in [-0.1, -0.05) is 87.8 Å². The van der Waals surface area contributed by atoms with Crippen molar-refractivity contribution < 1.29 is 19.2 Å². The molecule has 3 unspecified atom stereocenters. The molecule has 0 heterocycles. The van der Waals surface area contributed by atoms with E-state index in [0.29, 0.717) is 25.0 Å². The first-order chi connectivity index (χ1) is 21.2. The summed E-state index contributed by atoms with van der Waals surface area (Å²) in [5.74, 6) is 0.771. The number of hydrogen-bond acceptors (Lipinski definition) is 4. The molecule has 3 rings (SSSR count). The molecule has 44 heavy (non-hydrogen) atoms. The molecule has 0 N–H and O–H groups in total. The van der Waals surface area contributed by atoms with Crippen LogP contribution in [0.5, 0.6) is 0 Å². The molecule has 4 heteroatoms. The first-order valence-electron chi connectivity index (χ1n) is 17.1. The molecule has 0 bridgehead atoms. The number of ketones is 4. The van der Waals surface area contributed by atoms with Gasteiger partial charge >= 0.3 is 0 Å².